The third kappa shape index (κ3) is 3.77. The Morgan fingerprint density at radius 1 is 1.24 bits per heavy atom. The summed E-state index contributed by atoms with van der Waals surface area (Å²) < 4.78 is 31.6. The number of aromatic hydroxyl groups is 1. The zero-order valence-electron chi connectivity index (χ0n) is 12.7. The van der Waals surface area contributed by atoms with E-state index < -0.39 is 42.8 Å². The second-order valence-corrected chi connectivity index (χ2v) is 6.42. The molecular formula is C14H12N2O8S. The van der Waals surface area contributed by atoms with Crippen molar-refractivity contribution in [1.82, 2.24) is 0 Å². The lowest BCUT2D eigenvalue weighted by Gasteiger charge is -2.10. The first kappa shape index (κ1) is 18.0. The van der Waals surface area contributed by atoms with Gasteiger partial charge in [-0.3, -0.25) is 14.8 Å². The molecule has 0 saturated carbocycles. The van der Waals surface area contributed by atoms with Crippen molar-refractivity contribution in [3.8, 4) is 11.5 Å². The van der Waals surface area contributed by atoms with Crippen LogP contribution in [-0.2, 0) is 10.0 Å². The van der Waals surface area contributed by atoms with E-state index in [2.05, 4.69) is 4.72 Å². The number of hydrogen-bond acceptors (Lipinski definition) is 7. The van der Waals surface area contributed by atoms with Gasteiger partial charge in [0, 0.05) is 12.1 Å². The zero-order chi connectivity index (χ0) is 18.8. The molecule has 0 radical (unpaired) electrons. The number of methoxy groups -OCH3 is 1. The molecule has 25 heavy (non-hydrogen) atoms. The molecule has 10 nitrogen and oxygen atoms in total. The van der Waals surface area contributed by atoms with Crippen LogP contribution in [0.4, 0.5) is 11.4 Å². The first-order chi connectivity index (χ1) is 11.7. The summed E-state index contributed by atoms with van der Waals surface area (Å²) in [6.45, 7) is 0. The summed E-state index contributed by atoms with van der Waals surface area (Å²) in [4.78, 5) is 20.6. The fraction of sp³-hybridized carbons (Fsp3) is 0.0714. The molecule has 0 atom stereocenters. The molecule has 3 N–H and O–H groups in total. The highest BCUT2D eigenvalue weighted by Crippen LogP contribution is 2.30. The highest BCUT2D eigenvalue weighted by molar-refractivity contribution is 7.92. The van der Waals surface area contributed by atoms with Crippen molar-refractivity contribution in [2.75, 3.05) is 11.8 Å². The van der Waals surface area contributed by atoms with Gasteiger partial charge in [-0.15, -0.1) is 0 Å². The number of carbonyl (C=O) groups is 1. The molecule has 0 amide bonds. The van der Waals surface area contributed by atoms with Crippen LogP contribution in [0.25, 0.3) is 0 Å². The lowest BCUT2D eigenvalue weighted by Crippen LogP contribution is -2.13. The fourth-order valence-electron chi connectivity index (χ4n) is 1.97. The molecular weight excluding hydrogens is 356 g/mol. The van der Waals surface area contributed by atoms with Crippen molar-refractivity contribution in [2.24, 2.45) is 0 Å². The summed E-state index contributed by atoms with van der Waals surface area (Å²) in [5, 5.41) is 29.4. The molecule has 0 aromatic heterocycles. The molecule has 2 aromatic rings. The summed E-state index contributed by atoms with van der Waals surface area (Å²) in [6.07, 6.45) is 0. The van der Waals surface area contributed by atoms with E-state index in [1.807, 2.05) is 0 Å². The Bertz CT molecular complexity index is 955. The van der Waals surface area contributed by atoms with Crippen LogP contribution >= 0.6 is 0 Å². The fourth-order valence-corrected chi connectivity index (χ4v) is 3.04. The van der Waals surface area contributed by atoms with E-state index in [1.54, 1.807) is 0 Å². The number of aromatic carboxylic acids is 1. The first-order valence-electron chi connectivity index (χ1n) is 6.57. The maximum Gasteiger partial charge on any atom is 0.339 e. The molecule has 11 heteroatoms. The Morgan fingerprint density at radius 2 is 1.92 bits per heavy atom. The molecule has 0 heterocycles. The second-order valence-electron chi connectivity index (χ2n) is 4.73. The molecule has 0 bridgehead atoms. The largest absolute Gasteiger partial charge is 0.507 e. The van der Waals surface area contributed by atoms with Gasteiger partial charge in [-0.05, 0) is 24.3 Å². The number of nitrogens with zero attached hydrogens (tertiary/aromatic N) is 1. The van der Waals surface area contributed by atoms with Gasteiger partial charge in [-0.1, -0.05) is 0 Å². The van der Waals surface area contributed by atoms with Gasteiger partial charge in [0.15, 0.2) is 5.75 Å². The molecule has 0 aliphatic heterocycles. The summed E-state index contributed by atoms with van der Waals surface area (Å²) in [7, 11) is -3.00. The van der Waals surface area contributed by atoms with Crippen LogP contribution in [0.5, 0.6) is 11.5 Å². The minimum Gasteiger partial charge on any atom is -0.507 e. The molecule has 0 saturated heterocycles. The van der Waals surface area contributed by atoms with Gasteiger partial charge in [0.2, 0.25) is 0 Å². The normalized spacial score (nSPS) is 10.9. The maximum absolute atomic E-state index is 12.3. The highest BCUT2D eigenvalue weighted by atomic mass is 32.2. The van der Waals surface area contributed by atoms with Gasteiger partial charge >= 0.3 is 11.7 Å². The third-order valence-electron chi connectivity index (χ3n) is 3.14. The van der Waals surface area contributed by atoms with Crippen LogP contribution in [0, 0.1) is 10.1 Å². The van der Waals surface area contributed by atoms with Gasteiger partial charge in [-0.2, -0.15) is 0 Å². The van der Waals surface area contributed by atoms with E-state index in [1.165, 1.54) is 7.11 Å². The molecule has 0 unspecified atom stereocenters. The van der Waals surface area contributed by atoms with Crippen LogP contribution in [0.1, 0.15) is 10.4 Å². The number of ether oxygens (including phenoxy) is 1. The number of carboxylic acid groups (broad SMARTS) is 1. The minimum atomic E-state index is -4.21. The van der Waals surface area contributed by atoms with Crippen LogP contribution in [0.2, 0.25) is 0 Å². The van der Waals surface area contributed by atoms with Crippen molar-refractivity contribution < 1.29 is 33.1 Å². The summed E-state index contributed by atoms with van der Waals surface area (Å²) in [6, 6.07) is 6.15. The molecule has 0 spiro atoms. The quantitative estimate of drug-likeness (QED) is 0.515. The lowest BCUT2D eigenvalue weighted by molar-refractivity contribution is -0.386. The van der Waals surface area contributed by atoms with Crippen molar-refractivity contribution in [2.45, 2.75) is 4.90 Å². The standard InChI is InChI=1S/C14H12N2O8S/c1-24-13-5-3-9(7-11(13)16(20)21)25(22,23)15-8-2-4-10(14(18)19)12(17)6-8/h2-7,15,17H,1H3,(H,18,19). The second kappa shape index (κ2) is 6.65. The molecule has 2 rings (SSSR count). The number of nitro benzene ring substituents is 1. The molecule has 0 fully saturated rings. The summed E-state index contributed by atoms with van der Waals surface area (Å²) in [5.41, 5.74) is -1.04. The van der Waals surface area contributed by atoms with E-state index >= 15 is 0 Å². The van der Waals surface area contributed by atoms with Crippen molar-refractivity contribution in [1.29, 1.82) is 0 Å². The van der Waals surface area contributed by atoms with Gasteiger partial charge in [-0.25, -0.2) is 13.2 Å². The molecule has 132 valence electrons. The van der Waals surface area contributed by atoms with Gasteiger partial charge < -0.3 is 14.9 Å². The number of hydrogen-bond donors (Lipinski definition) is 3. The first-order valence-corrected chi connectivity index (χ1v) is 8.05. The molecule has 0 aliphatic rings. The maximum atomic E-state index is 12.3. The highest BCUT2D eigenvalue weighted by Gasteiger charge is 2.22. The smallest absolute Gasteiger partial charge is 0.339 e. The van der Waals surface area contributed by atoms with E-state index in [0.717, 1.165) is 36.4 Å². The Hall–Kier alpha value is -3.34. The summed E-state index contributed by atoms with van der Waals surface area (Å²) in [5.74, 6) is -2.11. The number of carboxylic acids is 1. The number of benzene rings is 2. The van der Waals surface area contributed by atoms with Gasteiger partial charge in [0.1, 0.15) is 11.3 Å². The average molecular weight is 368 g/mol. The number of anilines is 1. The van der Waals surface area contributed by atoms with Crippen LogP contribution in [-0.4, -0.2) is 36.6 Å². The Kier molecular flexibility index (Phi) is 4.79. The van der Waals surface area contributed by atoms with E-state index in [9.17, 15) is 28.4 Å². The third-order valence-corrected chi connectivity index (χ3v) is 4.52. The minimum absolute atomic E-state index is 0.104. The summed E-state index contributed by atoms with van der Waals surface area (Å²) >= 11 is 0. The number of nitro groups is 1. The van der Waals surface area contributed by atoms with Gasteiger partial charge in [0.05, 0.1) is 22.6 Å². The zero-order valence-corrected chi connectivity index (χ0v) is 13.5. The van der Waals surface area contributed by atoms with Crippen LogP contribution in [0.3, 0.4) is 0 Å². The van der Waals surface area contributed by atoms with Gasteiger partial charge in [0.25, 0.3) is 10.0 Å². The van der Waals surface area contributed by atoms with Crippen molar-refractivity contribution in [3.05, 3.63) is 52.1 Å². The van der Waals surface area contributed by atoms with Crippen molar-refractivity contribution in [3.63, 3.8) is 0 Å². The van der Waals surface area contributed by atoms with E-state index in [0.29, 0.717) is 0 Å². The Morgan fingerprint density at radius 3 is 2.44 bits per heavy atom. The average Bonchev–Trinajstić information content (AvgIpc) is 2.53. The Balaban J connectivity index is 2.40. The van der Waals surface area contributed by atoms with E-state index in [-0.39, 0.29) is 11.4 Å². The van der Waals surface area contributed by atoms with Crippen molar-refractivity contribution >= 4 is 27.4 Å². The molecule has 2 aromatic carbocycles. The van der Waals surface area contributed by atoms with E-state index in [4.69, 9.17) is 9.84 Å². The number of sulfonamides is 1. The predicted molar refractivity (Wildman–Crippen MR) is 85.5 cm³/mol. The molecule has 0 aliphatic carbocycles. The number of nitrogens with one attached hydrogen (secondary N) is 1. The van der Waals surface area contributed by atoms with Crippen LogP contribution in [0.15, 0.2) is 41.3 Å². The number of phenols is 1. The lowest BCUT2D eigenvalue weighted by atomic mass is 10.2. The Labute approximate surface area is 141 Å². The number of rotatable bonds is 6. The SMILES string of the molecule is COc1ccc(S(=O)(=O)Nc2ccc(C(=O)O)c(O)c2)cc1[N+](=O)[O-]. The predicted octanol–water partition coefficient (Wildman–Crippen LogP) is 1.81. The van der Waals surface area contributed by atoms with Crippen LogP contribution < -0.4 is 9.46 Å². The topological polar surface area (TPSA) is 156 Å². The monoisotopic (exact) mass is 368 g/mol.